The highest BCUT2D eigenvalue weighted by Gasteiger charge is 2.30. The summed E-state index contributed by atoms with van der Waals surface area (Å²) in [7, 11) is -7.65. The lowest BCUT2D eigenvalue weighted by Crippen LogP contribution is -2.46. The third kappa shape index (κ3) is 5.82. The van der Waals surface area contributed by atoms with Crippen LogP contribution in [-0.4, -0.2) is 57.6 Å². The zero-order valence-electron chi connectivity index (χ0n) is 10.1. The lowest BCUT2D eigenvalue weighted by Gasteiger charge is -2.31. The molecule has 19 heavy (non-hydrogen) atoms. The summed E-state index contributed by atoms with van der Waals surface area (Å²) in [5.74, 6) is -2.58. The summed E-state index contributed by atoms with van der Waals surface area (Å²) in [6, 6.07) is 0. The Hall–Kier alpha value is -0.750. The number of nitrogens with one attached hydrogen (secondary N) is 1. The van der Waals surface area contributed by atoms with Crippen molar-refractivity contribution in [3.63, 3.8) is 0 Å². The number of hydrogen-bond acceptors (Lipinski definition) is 5. The van der Waals surface area contributed by atoms with Gasteiger partial charge in [-0.05, 0) is 18.8 Å². The van der Waals surface area contributed by atoms with Gasteiger partial charge in [0.05, 0.1) is 0 Å². The molecule has 11 heteroatoms. The molecule has 1 fully saturated rings. The van der Waals surface area contributed by atoms with Crippen molar-refractivity contribution in [2.45, 2.75) is 12.8 Å². The minimum atomic E-state index is -3.84. The van der Waals surface area contributed by atoms with Crippen molar-refractivity contribution in [2.75, 3.05) is 25.4 Å². The van der Waals surface area contributed by atoms with Gasteiger partial charge >= 0.3 is 5.97 Å². The first-order valence-corrected chi connectivity index (χ1v) is 8.73. The number of carboxylic acid groups (broad SMARTS) is 1. The molecule has 0 aromatic rings. The van der Waals surface area contributed by atoms with Crippen molar-refractivity contribution in [3.8, 4) is 0 Å². The molecular weight excluding hydrogens is 298 g/mol. The fourth-order valence-corrected chi connectivity index (χ4v) is 3.74. The van der Waals surface area contributed by atoms with E-state index in [4.69, 9.17) is 10.2 Å². The standard InChI is InChI=1S/C8H17N3O6S2/c9-19(16,17)10-4-7-2-1-3-11(5-7)18(14,15)6-8(12)13/h7,10H,1-6H2,(H,12,13)(H2,9,16,17). The van der Waals surface area contributed by atoms with Gasteiger partial charge < -0.3 is 5.11 Å². The zero-order valence-corrected chi connectivity index (χ0v) is 11.8. The van der Waals surface area contributed by atoms with Gasteiger partial charge in [0, 0.05) is 19.6 Å². The van der Waals surface area contributed by atoms with Crippen LogP contribution >= 0.6 is 0 Å². The van der Waals surface area contributed by atoms with Crippen molar-refractivity contribution in [3.05, 3.63) is 0 Å². The Morgan fingerprint density at radius 2 is 2.00 bits per heavy atom. The van der Waals surface area contributed by atoms with E-state index >= 15 is 0 Å². The molecule has 0 aromatic carbocycles. The second-order valence-corrected chi connectivity index (χ2v) is 7.76. The Bertz CT molecular complexity index is 529. The first kappa shape index (κ1) is 16.3. The molecule has 1 aliphatic rings. The molecule has 1 heterocycles. The Balaban J connectivity index is 2.62. The van der Waals surface area contributed by atoms with E-state index in [1.54, 1.807) is 0 Å². The lowest BCUT2D eigenvalue weighted by atomic mass is 10.0. The highest BCUT2D eigenvalue weighted by Crippen LogP contribution is 2.19. The van der Waals surface area contributed by atoms with Crippen molar-refractivity contribution in [2.24, 2.45) is 11.1 Å². The molecule has 0 bridgehead atoms. The normalized spacial score (nSPS) is 22.3. The maximum Gasteiger partial charge on any atom is 0.320 e. The molecule has 0 aliphatic carbocycles. The van der Waals surface area contributed by atoms with Crippen LogP contribution in [0.3, 0.4) is 0 Å². The average molecular weight is 315 g/mol. The Morgan fingerprint density at radius 3 is 2.53 bits per heavy atom. The maximum atomic E-state index is 11.7. The second-order valence-electron chi connectivity index (χ2n) is 4.41. The Kier molecular flexibility index (Phi) is 5.26. The lowest BCUT2D eigenvalue weighted by molar-refractivity contribution is -0.134. The number of hydrogen-bond donors (Lipinski definition) is 3. The van der Waals surface area contributed by atoms with Gasteiger partial charge in [0.15, 0.2) is 5.75 Å². The van der Waals surface area contributed by atoms with Crippen LogP contribution in [0.25, 0.3) is 0 Å². The minimum Gasteiger partial charge on any atom is -0.480 e. The topological polar surface area (TPSA) is 147 Å². The van der Waals surface area contributed by atoms with Crippen LogP contribution in [0.5, 0.6) is 0 Å². The van der Waals surface area contributed by atoms with Crippen LogP contribution in [0.4, 0.5) is 0 Å². The van der Waals surface area contributed by atoms with Gasteiger partial charge in [-0.15, -0.1) is 0 Å². The molecule has 0 amide bonds. The van der Waals surface area contributed by atoms with Crippen molar-refractivity contribution >= 4 is 26.2 Å². The maximum absolute atomic E-state index is 11.7. The van der Waals surface area contributed by atoms with E-state index in [9.17, 15) is 21.6 Å². The SMILES string of the molecule is NS(=O)(=O)NCC1CCCN(S(=O)(=O)CC(=O)O)C1. The van der Waals surface area contributed by atoms with Crippen LogP contribution in [0.1, 0.15) is 12.8 Å². The predicted octanol–water partition coefficient (Wildman–Crippen LogP) is -2.09. The number of carbonyl (C=O) groups is 1. The molecule has 1 atom stereocenters. The molecule has 1 rings (SSSR count). The molecule has 1 saturated heterocycles. The largest absolute Gasteiger partial charge is 0.480 e. The first-order chi connectivity index (χ1) is 8.60. The highest BCUT2D eigenvalue weighted by molar-refractivity contribution is 7.89. The minimum absolute atomic E-state index is 0.0396. The summed E-state index contributed by atoms with van der Waals surface area (Å²) >= 11 is 0. The fourth-order valence-electron chi connectivity index (χ4n) is 1.93. The molecular formula is C8H17N3O6S2. The third-order valence-electron chi connectivity index (χ3n) is 2.75. The number of aliphatic carboxylic acids is 1. The number of rotatable bonds is 6. The highest BCUT2D eigenvalue weighted by atomic mass is 32.2. The summed E-state index contributed by atoms with van der Waals surface area (Å²) < 4.78 is 48.2. The zero-order chi connectivity index (χ0) is 14.7. The smallest absolute Gasteiger partial charge is 0.320 e. The molecule has 0 saturated carbocycles. The van der Waals surface area contributed by atoms with Gasteiger partial charge in [0.2, 0.25) is 10.0 Å². The molecule has 112 valence electrons. The number of carboxylic acids is 1. The van der Waals surface area contributed by atoms with E-state index in [1.807, 2.05) is 0 Å². The number of piperidine rings is 1. The average Bonchev–Trinajstić information content (AvgIpc) is 2.24. The molecule has 0 aromatic heterocycles. The van der Waals surface area contributed by atoms with E-state index in [2.05, 4.69) is 4.72 Å². The van der Waals surface area contributed by atoms with E-state index in [0.29, 0.717) is 12.8 Å². The number of sulfonamides is 1. The van der Waals surface area contributed by atoms with Crippen molar-refractivity contribution < 1.29 is 26.7 Å². The van der Waals surface area contributed by atoms with E-state index < -0.39 is 32.0 Å². The van der Waals surface area contributed by atoms with Crippen molar-refractivity contribution in [1.82, 2.24) is 9.03 Å². The van der Waals surface area contributed by atoms with Gasteiger partial charge in [0.25, 0.3) is 10.2 Å². The first-order valence-electron chi connectivity index (χ1n) is 5.57. The van der Waals surface area contributed by atoms with Crippen LogP contribution < -0.4 is 9.86 Å². The monoisotopic (exact) mass is 315 g/mol. The quantitative estimate of drug-likeness (QED) is 0.512. The van der Waals surface area contributed by atoms with E-state index in [0.717, 1.165) is 4.31 Å². The van der Waals surface area contributed by atoms with Crippen molar-refractivity contribution in [1.29, 1.82) is 0 Å². The summed E-state index contributed by atoms with van der Waals surface area (Å²) in [6.07, 6.45) is 1.21. The van der Waals surface area contributed by atoms with Gasteiger partial charge in [0.1, 0.15) is 0 Å². The molecule has 1 unspecified atom stereocenters. The summed E-state index contributed by atoms with van der Waals surface area (Å²) in [5, 5.41) is 13.3. The van der Waals surface area contributed by atoms with Crippen LogP contribution in [-0.2, 0) is 25.0 Å². The molecule has 0 radical (unpaired) electrons. The van der Waals surface area contributed by atoms with Crippen LogP contribution in [0.2, 0.25) is 0 Å². The second kappa shape index (κ2) is 6.13. The predicted molar refractivity (Wildman–Crippen MR) is 66.8 cm³/mol. The molecule has 9 nitrogen and oxygen atoms in total. The van der Waals surface area contributed by atoms with Gasteiger partial charge in [-0.25, -0.2) is 22.6 Å². The molecule has 4 N–H and O–H groups in total. The Morgan fingerprint density at radius 1 is 1.37 bits per heavy atom. The van der Waals surface area contributed by atoms with Gasteiger partial charge in [-0.3, -0.25) is 4.79 Å². The van der Waals surface area contributed by atoms with Gasteiger partial charge in [-0.1, -0.05) is 0 Å². The van der Waals surface area contributed by atoms with Crippen LogP contribution in [0.15, 0.2) is 0 Å². The number of nitrogens with zero attached hydrogens (tertiary/aromatic N) is 1. The summed E-state index contributed by atoms with van der Waals surface area (Å²) in [4.78, 5) is 10.5. The third-order valence-corrected chi connectivity index (χ3v) is 5.05. The molecule has 1 aliphatic heterocycles. The summed E-state index contributed by atoms with van der Waals surface area (Å²) in [5.41, 5.74) is 0. The van der Waals surface area contributed by atoms with E-state index in [-0.39, 0.29) is 25.6 Å². The van der Waals surface area contributed by atoms with Crippen LogP contribution in [0, 0.1) is 5.92 Å². The van der Waals surface area contributed by atoms with Gasteiger partial charge in [-0.2, -0.15) is 8.42 Å². The Labute approximate surface area is 112 Å². The fraction of sp³-hybridized carbons (Fsp3) is 0.875. The number of nitrogens with two attached hydrogens (primary N) is 1. The molecule has 0 spiro atoms. The van der Waals surface area contributed by atoms with E-state index in [1.165, 1.54) is 0 Å². The summed E-state index contributed by atoms with van der Waals surface area (Å²) in [6.45, 7) is 0.386.